The highest BCUT2D eigenvalue weighted by molar-refractivity contribution is 7.27. The average molecular weight is 623 g/mol. The van der Waals surface area contributed by atoms with Gasteiger partial charge in [-0.3, -0.25) is 4.57 Å². The van der Waals surface area contributed by atoms with Crippen LogP contribution >= 0.6 is 22.7 Å². The topological polar surface area (TPSA) is 43.6 Å². The average Bonchev–Trinajstić information content (AvgIpc) is 3.90. The Morgan fingerprint density at radius 3 is 2.20 bits per heavy atom. The van der Waals surface area contributed by atoms with Crippen LogP contribution in [0.25, 0.3) is 90.9 Å². The van der Waals surface area contributed by atoms with Crippen molar-refractivity contribution in [1.29, 1.82) is 0 Å². The first-order chi connectivity index (χ1) is 27.3. The highest BCUT2D eigenvalue weighted by Crippen LogP contribution is 2.44. The number of fused-ring (bicyclic) bond motifs is 10. The van der Waals surface area contributed by atoms with Crippen molar-refractivity contribution in [3.05, 3.63) is 133 Å². The fourth-order valence-electron chi connectivity index (χ4n) is 5.99. The Morgan fingerprint density at radius 1 is 0.511 bits per heavy atom. The van der Waals surface area contributed by atoms with Crippen molar-refractivity contribution < 1.29 is 16.4 Å². The quantitative estimate of drug-likeness (QED) is 0.197. The Morgan fingerprint density at radius 2 is 1.27 bits per heavy atom. The summed E-state index contributed by atoms with van der Waals surface area (Å²) in [5, 5.41) is 3.99. The second-order valence-electron chi connectivity index (χ2n) is 10.3. The van der Waals surface area contributed by atoms with Crippen LogP contribution in [0.4, 0.5) is 0 Å². The summed E-state index contributed by atoms with van der Waals surface area (Å²) in [6.07, 6.45) is 0. The molecule has 0 aliphatic carbocycles. The maximum Gasteiger partial charge on any atom is 0.238 e. The van der Waals surface area contributed by atoms with Gasteiger partial charge in [0.2, 0.25) is 5.95 Å². The number of hydrogen-bond donors (Lipinski definition) is 0. The molecule has 6 heteroatoms. The smallest absolute Gasteiger partial charge is 0.238 e. The Bertz CT molecular complexity index is 3440. The highest BCUT2D eigenvalue weighted by Gasteiger charge is 2.21. The molecule has 0 aliphatic heterocycles. The minimum absolute atomic E-state index is 0.0205. The Balaban J connectivity index is 1.38. The standard InChI is InChI=1S/C39H22N4S2/c1-2-11-23(12-3-1)37-40-38(29-17-10-16-26-24-13-5-8-19-32(24)44-35(26)29)42-39(41-37)43-30-18-7-4-15-28(30)34-31(43)22-21-27-25-14-6-9-20-33(25)45-36(27)34/h1-22H/i1D,2D,3D,5D,8D,10D,11D,12D,13D,16D,17D,19D. The van der Waals surface area contributed by atoms with E-state index in [9.17, 15) is 1.37 Å². The first kappa shape index (κ1) is 16.0. The van der Waals surface area contributed by atoms with Crippen LogP contribution in [-0.2, 0) is 0 Å². The Hall–Kier alpha value is -5.43. The van der Waals surface area contributed by atoms with Gasteiger partial charge in [0.25, 0.3) is 0 Å². The SMILES string of the molecule is [2H]c1c([2H])c([2H])c(-c2nc(-c3c([2H])c([2H])c([2H])c4c3sc3c([2H])c([2H])c([2H])c([2H])c34)nc(-n3c4ccccc4c4c5sc6ccccc6c5ccc43)n2)c([2H])c1[2H]. The van der Waals surface area contributed by atoms with Gasteiger partial charge in [0.1, 0.15) is 0 Å². The summed E-state index contributed by atoms with van der Waals surface area (Å²) in [5.74, 6) is -0.547. The van der Waals surface area contributed by atoms with Crippen LogP contribution in [0.15, 0.2) is 133 Å². The molecule has 0 atom stereocenters. The highest BCUT2D eigenvalue weighted by atomic mass is 32.1. The van der Waals surface area contributed by atoms with E-state index in [1.807, 2.05) is 48.5 Å². The van der Waals surface area contributed by atoms with Crippen molar-refractivity contribution in [2.45, 2.75) is 0 Å². The number of benzene rings is 6. The molecule has 0 fully saturated rings. The second kappa shape index (κ2) is 9.53. The lowest BCUT2D eigenvalue weighted by molar-refractivity contribution is 0.955. The van der Waals surface area contributed by atoms with Crippen LogP contribution in [0.2, 0.25) is 0 Å². The third-order valence-corrected chi connectivity index (χ3v) is 10.2. The van der Waals surface area contributed by atoms with E-state index in [1.54, 1.807) is 15.9 Å². The molecule has 0 N–H and O–H groups in total. The van der Waals surface area contributed by atoms with Crippen molar-refractivity contribution in [2.75, 3.05) is 0 Å². The lowest BCUT2D eigenvalue weighted by atomic mass is 10.1. The van der Waals surface area contributed by atoms with Crippen LogP contribution < -0.4 is 0 Å². The minimum atomic E-state index is -0.609. The number of aromatic nitrogens is 4. The third kappa shape index (κ3) is 3.67. The number of para-hydroxylation sites is 1. The summed E-state index contributed by atoms with van der Waals surface area (Å²) in [6.45, 7) is 0. The molecule has 0 spiro atoms. The van der Waals surface area contributed by atoms with Gasteiger partial charge < -0.3 is 0 Å². The second-order valence-corrected chi connectivity index (χ2v) is 12.4. The molecule has 10 rings (SSSR count). The molecule has 210 valence electrons. The van der Waals surface area contributed by atoms with E-state index < -0.39 is 66.5 Å². The number of hydrogen-bond acceptors (Lipinski definition) is 5. The van der Waals surface area contributed by atoms with E-state index in [4.69, 9.17) is 25.0 Å². The molecule has 0 amide bonds. The van der Waals surface area contributed by atoms with Crippen LogP contribution in [0.1, 0.15) is 16.4 Å². The Kier molecular flexibility index (Phi) is 3.40. The van der Waals surface area contributed by atoms with Crippen molar-refractivity contribution in [3.63, 3.8) is 0 Å². The maximum absolute atomic E-state index is 9.19. The molecule has 0 bridgehead atoms. The van der Waals surface area contributed by atoms with Crippen LogP contribution in [0, 0.1) is 0 Å². The number of thiophene rings is 2. The molecule has 0 saturated heterocycles. The number of nitrogens with zero attached hydrogens (tertiary/aromatic N) is 4. The van der Waals surface area contributed by atoms with E-state index in [1.165, 1.54) is 0 Å². The molecule has 4 aromatic heterocycles. The van der Waals surface area contributed by atoms with Crippen LogP contribution in [0.5, 0.6) is 0 Å². The molecular weight excluding hydrogens is 589 g/mol. The predicted molar refractivity (Wildman–Crippen MR) is 191 cm³/mol. The first-order valence-corrected chi connectivity index (χ1v) is 15.5. The molecule has 0 aliphatic rings. The summed E-state index contributed by atoms with van der Waals surface area (Å²) >= 11 is 2.55. The zero-order chi connectivity index (χ0) is 39.9. The van der Waals surface area contributed by atoms with E-state index in [2.05, 4.69) is 17.1 Å². The van der Waals surface area contributed by atoms with Gasteiger partial charge in [-0.1, -0.05) is 103 Å². The summed E-state index contributed by atoms with van der Waals surface area (Å²) < 4.78 is 108. The molecule has 10 aromatic rings. The molecular formula is C39H22N4S2. The van der Waals surface area contributed by atoms with Crippen molar-refractivity contribution >= 4 is 84.8 Å². The molecule has 0 saturated carbocycles. The molecule has 4 nitrogen and oxygen atoms in total. The zero-order valence-corrected chi connectivity index (χ0v) is 24.5. The van der Waals surface area contributed by atoms with Gasteiger partial charge in [0, 0.05) is 62.2 Å². The van der Waals surface area contributed by atoms with Crippen molar-refractivity contribution in [1.82, 2.24) is 19.5 Å². The van der Waals surface area contributed by atoms with Crippen molar-refractivity contribution in [3.8, 4) is 28.7 Å². The van der Waals surface area contributed by atoms with E-state index in [-0.39, 0.29) is 54.9 Å². The summed E-state index contributed by atoms with van der Waals surface area (Å²) in [5.41, 5.74) is 0.990. The molecule has 0 radical (unpaired) electrons. The minimum Gasteiger partial charge on any atom is -0.278 e. The third-order valence-electron chi connectivity index (χ3n) is 7.89. The van der Waals surface area contributed by atoms with E-state index in [0.29, 0.717) is 11.0 Å². The van der Waals surface area contributed by atoms with Gasteiger partial charge in [-0.05, 0) is 30.3 Å². The van der Waals surface area contributed by atoms with Gasteiger partial charge >= 0.3 is 0 Å². The monoisotopic (exact) mass is 622 g/mol. The predicted octanol–water partition coefficient (Wildman–Crippen LogP) is 11.0. The van der Waals surface area contributed by atoms with E-state index in [0.717, 1.165) is 42.3 Å². The van der Waals surface area contributed by atoms with Gasteiger partial charge in [-0.25, -0.2) is 4.98 Å². The lowest BCUT2D eigenvalue weighted by Crippen LogP contribution is -2.06. The summed E-state index contributed by atoms with van der Waals surface area (Å²) in [6, 6.07) is 13.6. The van der Waals surface area contributed by atoms with Crippen LogP contribution in [0.3, 0.4) is 0 Å². The van der Waals surface area contributed by atoms with Gasteiger partial charge in [-0.2, -0.15) is 9.97 Å². The number of rotatable bonds is 3. The normalized spacial score (nSPS) is 15.7. The largest absolute Gasteiger partial charge is 0.278 e. The fraction of sp³-hybridized carbons (Fsp3) is 0. The molecule has 6 aromatic carbocycles. The van der Waals surface area contributed by atoms with Gasteiger partial charge in [-0.15, -0.1) is 22.7 Å². The van der Waals surface area contributed by atoms with Gasteiger partial charge in [0.05, 0.1) is 27.5 Å². The summed E-state index contributed by atoms with van der Waals surface area (Å²) in [7, 11) is 0. The van der Waals surface area contributed by atoms with Gasteiger partial charge in [0.15, 0.2) is 11.6 Å². The first-order valence-electron chi connectivity index (χ1n) is 19.9. The molecule has 45 heavy (non-hydrogen) atoms. The maximum atomic E-state index is 9.19. The summed E-state index contributed by atoms with van der Waals surface area (Å²) in [4.78, 5) is 14.4. The zero-order valence-electron chi connectivity index (χ0n) is 34.9. The fourth-order valence-corrected chi connectivity index (χ4v) is 8.31. The van der Waals surface area contributed by atoms with Crippen LogP contribution in [-0.4, -0.2) is 19.5 Å². The lowest BCUT2D eigenvalue weighted by Gasteiger charge is -2.11. The Labute approximate surface area is 282 Å². The van der Waals surface area contributed by atoms with E-state index >= 15 is 0 Å². The molecule has 4 heterocycles. The van der Waals surface area contributed by atoms with Crippen molar-refractivity contribution in [2.24, 2.45) is 0 Å². The molecule has 0 unspecified atom stereocenters.